The summed E-state index contributed by atoms with van der Waals surface area (Å²) < 4.78 is 27.0. The molecule has 0 aliphatic rings. The molecule has 2 rings (SSSR count). The number of carbonyl (C=O) groups is 1. The number of halogens is 3. The van der Waals surface area contributed by atoms with Gasteiger partial charge in [0.15, 0.2) is 0 Å². The second-order valence-electron chi connectivity index (χ2n) is 4.06. The van der Waals surface area contributed by atoms with Gasteiger partial charge < -0.3 is 5.32 Å². The highest BCUT2D eigenvalue weighted by Gasteiger charge is 2.14. The standard InChI is InChI=1S/C14H10ClF2NO/c1-8-2-4-11(16)10(6-8)14(19)18-13-5-3-9(15)7-12(13)17/h2-7H,1H3,(H,18,19). The van der Waals surface area contributed by atoms with E-state index in [1.54, 1.807) is 13.0 Å². The first-order valence-electron chi connectivity index (χ1n) is 5.50. The minimum Gasteiger partial charge on any atom is -0.319 e. The summed E-state index contributed by atoms with van der Waals surface area (Å²) in [6.07, 6.45) is 0. The number of hydrogen-bond acceptors (Lipinski definition) is 1. The molecular formula is C14H10ClF2NO. The van der Waals surface area contributed by atoms with Crippen LogP contribution in [0, 0.1) is 18.6 Å². The van der Waals surface area contributed by atoms with Gasteiger partial charge in [-0.2, -0.15) is 0 Å². The molecule has 0 spiro atoms. The monoisotopic (exact) mass is 281 g/mol. The van der Waals surface area contributed by atoms with Crippen molar-refractivity contribution in [2.24, 2.45) is 0 Å². The number of hydrogen-bond donors (Lipinski definition) is 1. The van der Waals surface area contributed by atoms with Crippen LogP contribution in [0.1, 0.15) is 15.9 Å². The van der Waals surface area contributed by atoms with Gasteiger partial charge in [0.1, 0.15) is 11.6 Å². The minimum atomic E-state index is -0.706. The number of aryl methyl sites for hydroxylation is 1. The van der Waals surface area contributed by atoms with Gasteiger partial charge in [-0.3, -0.25) is 4.79 Å². The van der Waals surface area contributed by atoms with Gasteiger partial charge in [0.25, 0.3) is 5.91 Å². The number of nitrogens with one attached hydrogen (secondary N) is 1. The molecule has 2 aromatic rings. The van der Waals surface area contributed by atoms with Crippen LogP contribution in [-0.2, 0) is 0 Å². The van der Waals surface area contributed by atoms with Crippen LogP contribution in [0.5, 0.6) is 0 Å². The normalized spacial score (nSPS) is 10.3. The number of anilines is 1. The molecule has 0 saturated heterocycles. The summed E-state index contributed by atoms with van der Waals surface area (Å²) >= 11 is 5.60. The van der Waals surface area contributed by atoms with Crippen molar-refractivity contribution in [2.45, 2.75) is 6.92 Å². The highest BCUT2D eigenvalue weighted by atomic mass is 35.5. The third kappa shape index (κ3) is 3.09. The van der Waals surface area contributed by atoms with Crippen molar-refractivity contribution in [2.75, 3.05) is 5.32 Å². The lowest BCUT2D eigenvalue weighted by molar-refractivity contribution is 0.102. The molecule has 0 radical (unpaired) electrons. The predicted octanol–water partition coefficient (Wildman–Crippen LogP) is 4.18. The van der Waals surface area contributed by atoms with E-state index in [9.17, 15) is 13.6 Å². The summed E-state index contributed by atoms with van der Waals surface area (Å²) in [7, 11) is 0. The van der Waals surface area contributed by atoms with Crippen LogP contribution in [0.25, 0.3) is 0 Å². The predicted molar refractivity (Wildman–Crippen MR) is 70.5 cm³/mol. The van der Waals surface area contributed by atoms with Crippen molar-refractivity contribution >= 4 is 23.2 Å². The molecule has 0 atom stereocenters. The molecule has 5 heteroatoms. The Hall–Kier alpha value is -1.94. The van der Waals surface area contributed by atoms with Crippen LogP contribution in [0.4, 0.5) is 14.5 Å². The smallest absolute Gasteiger partial charge is 0.258 e. The lowest BCUT2D eigenvalue weighted by Crippen LogP contribution is -2.15. The number of amides is 1. The van der Waals surface area contributed by atoms with Gasteiger partial charge in [0, 0.05) is 5.02 Å². The largest absolute Gasteiger partial charge is 0.319 e. The Balaban J connectivity index is 2.28. The van der Waals surface area contributed by atoms with E-state index in [-0.39, 0.29) is 16.3 Å². The topological polar surface area (TPSA) is 29.1 Å². The first-order chi connectivity index (χ1) is 8.97. The molecule has 0 unspecified atom stereocenters. The third-order valence-corrected chi connectivity index (χ3v) is 2.78. The zero-order valence-corrected chi connectivity index (χ0v) is 10.8. The van der Waals surface area contributed by atoms with Gasteiger partial charge in [-0.05, 0) is 37.3 Å². The van der Waals surface area contributed by atoms with Crippen LogP contribution in [0.15, 0.2) is 36.4 Å². The van der Waals surface area contributed by atoms with Gasteiger partial charge in [-0.15, -0.1) is 0 Å². The summed E-state index contributed by atoms with van der Waals surface area (Å²) in [6, 6.07) is 7.98. The van der Waals surface area contributed by atoms with E-state index >= 15 is 0 Å². The van der Waals surface area contributed by atoms with Gasteiger partial charge in [0.2, 0.25) is 0 Å². The molecule has 98 valence electrons. The second-order valence-corrected chi connectivity index (χ2v) is 4.50. The molecule has 1 amide bonds. The van der Waals surface area contributed by atoms with Crippen LogP contribution >= 0.6 is 11.6 Å². The molecule has 0 heterocycles. The van der Waals surface area contributed by atoms with Gasteiger partial charge in [0.05, 0.1) is 11.3 Å². The van der Waals surface area contributed by atoms with Crippen LogP contribution in [0.2, 0.25) is 5.02 Å². The zero-order valence-electron chi connectivity index (χ0n) is 10.0. The SMILES string of the molecule is Cc1ccc(F)c(C(=O)Nc2ccc(Cl)cc2F)c1. The zero-order chi connectivity index (χ0) is 14.0. The Morgan fingerprint density at radius 2 is 1.84 bits per heavy atom. The third-order valence-electron chi connectivity index (χ3n) is 2.55. The Bertz CT molecular complexity index is 643. The van der Waals surface area contributed by atoms with Crippen LogP contribution in [0.3, 0.4) is 0 Å². The molecule has 2 nitrogen and oxygen atoms in total. The molecule has 2 aromatic carbocycles. The van der Waals surface area contributed by atoms with Crippen molar-refractivity contribution in [3.63, 3.8) is 0 Å². The van der Waals surface area contributed by atoms with Crippen LogP contribution < -0.4 is 5.32 Å². The van der Waals surface area contributed by atoms with Gasteiger partial charge >= 0.3 is 0 Å². The Kier molecular flexibility index (Phi) is 3.81. The molecule has 0 aliphatic carbocycles. The molecule has 19 heavy (non-hydrogen) atoms. The lowest BCUT2D eigenvalue weighted by Gasteiger charge is -2.08. The second kappa shape index (κ2) is 5.36. The number of rotatable bonds is 2. The molecule has 0 fully saturated rings. The average molecular weight is 282 g/mol. The van der Waals surface area contributed by atoms with E-state index in [1.807, 2.05) is 0 Å². The van der Waals surface area contributed by atoms with E-state index in [0.29, 0.717) is 0 Å². The molecular weight excluding hydrogens is 272 g/mol. The molecule has 0 aliphatic heterocycles. The molecule has 0 bridgehead atoms. The number of carbonyl (C=O) groups excluding carboxylic acids is 1. The fraction of sp³-hybridized carbons (Fsp3) is 0.0714. The van der Waals surface area contributed by atoms with Crippen molar-refractivity contribution in [3.8, 4) is 0 Å². The Morgan fingerprint density at radius 1 is 1.11 bits per heavy atom. The number of benzene rings is 2. The highest BCUT2D eigenvalue weighted by Crippen LogP contribution is 2.20. The maximum absolute atomic E-state index is 13.5. The van der Waals surface area contributed by atoms with Crippen molar-refractivity contribution in [3.05, 3.63) is 64.2 Å². The van der Waals surface area contributed by atoms with Crippen molar-refractivity contribution in [1.29, 1.82) is 0 Å². The quantitative estimate of drug-likeness (QED) is 0.879. The minimum absolute atomic E-state index is 0.0460. The van der Waals surface area contributed by atoms with E-state index in [2.05, 4.69) is 5.32 Å². The van der Waals surface area contributed by atoms with E-state index < -0.39 is 17.5 Å². The van der Waals surface area contributed by atoms with E-state index in [4.69, 9.17) is 11.6 Å². The first kappa shape index (κ1) is 13.5. The molecule has 0 aromatic heterocycles. The summed E-state index contributed by atoms with van der Waals surface area (Å²) in [5.41, 5.74) is 0.563. The highest BCUT2D eigenvalue weighted by molar-refractivity contribution is 6.30. The first-order valence-corrected chi connectivity index (χ1v) is 5.88. The van der Waals surface area contributed by atoms with E-state index in [1.165, 1.54) is 24.3 Å². The summed E-state index contributed by atoms with van der Waals surface area (Å²) in [5, 5.41) is 2.53. The molecule has 1 N–H and O–H groups in total. The average Bonchev–Trinajstić information content (AvgIpc) is 2.35. The Labute approximate surface area is 114 Å². The fourth-order valence-corrected chi connectivity index (χ4v) is 1.75. The summed E-state index contributed by atoms with van der Waals surface area (Å²) in [6.45, 7) is 1.74. The fourth-order valence-electron chi connectivity index (χ4n) is 1.59. The van der Waals surface area contributed by atoms with Gasteiger partial charge in [-0.1, -0.05) is 23.2 Å². The van der Waals surface area contributed by atoms with Crippen LogP contribution in [-0.4, -0.2) is 5.91 Å². The maximum Gasteiger partial charge on any atom is 0.258 e. The Morgan fingerprint density at radius 3 is 2.53 bits per heavy atom. The molecule has 0 saturated carbocycles. The van der Waals surface area contributed by atoms with Crippen molar-refractivity contribution in [1.82, 2.24) is 0 Å². The summed E-state index contributed by atoms with van der Waals surface area (Å²) in [5.74, 6) is -2.03. The maximum atomic E-state index is 13.5. The van der Waals surface area contributed by atoms with Crippen molar-refractivity contribution < 1.29 is 13.6 Å². The summed E-state index contributed by atoms with van der Waals surface area (Å²) in [4.78, 5) is 11.9. The van der Waals surface area contributed by atoms with Gasteiger partial charge in [-0.25, -0.2) is 8.78 Å². The lowest BCUT2D eigenvalue weighted by atomic mass is 10.1. The van der Waals surface area contributed by atoms with E-state index in [0.717, 1.165) is 11.6 Å².